The number of likely N-dealkylation sites (N-methyl/N-ethyl adjacent to an activating group) is 1. The van der Waals surface area contributed by atoms with Gasteiger partial charge in [0, 0.05) is 33.3 Å². The summed E-state index contributed by atoms with van der Waals surface area (Å²) in [6, 6.07) is 0. The maximum Gasteiger partial charge on any atom is 0.282 e. The lowest BCUT2D eigenvalue weighted by Gasteiger charge is -2.35. The van der Waals surface area contributed by atoms with E-state index >= 15 is 0 Å². The smallest absolute Gasteiger partial charge is 0.282 e. The van der Waals surface area contributed by atoms with Gasteiger partial charge in [-0.05, 0) is 31.8 Å². The summed E-state index contributed by atoms with van der Waals surface area (Å²) in [4.78, 5) is 0. The van der Waals surface area contributed by atoms with E-state index in [4.69, 9.17) is 4.74 Å². The van der Waals surface area contributed by atoms with Crippen molar-refractivity contribution in [1.29, 1.82) is 0 Å². The standard InChI is InChI=1S/C13H29N3O3S/c1-4-14-11-13-7-6-8-16(12-13)20(17,18)15(5-2)9-10-19-3/h13-14H,4-12H2,1-3H3. The molecule has 1 N–H and O–H groups in total. The fourth-order valence-electron chi connectivity index (χ4n) is 2.54. The fraction of sp³-hybridized carbons (Fsp3) is 1.00. The minimum absolute atomic E-state index is 0.416. The highest BCUT2D eigenvalue weighted by molar-refractivity contribution is 7.86. The molecule has 1 atom stereocenters. The summed E-state index contributed by atoms with van der Waals surface area (Å²) in [6.07, 6.45) is 2.04. The minimum atomic E-state index is -3.35. The third-order valence-electron chi connectivity index (χ3n) is 3.71. The van der Waals surface area contributed by atoms with Crippen molar-refractivity contribution in [2.75, 3.05) is 53.0 Å². The topological polar surface area (TPSA) is 61.9 Å². The van der Waals surface area contributed by atoms with Gasteiger partial charge in [0.15, 0.2) is 0 Å². The molecule has 0 saturated carbocycles. The van der Waals surface area contributed by atoms with Crippen LogP contribution in [0.3, 0.4) is 0 Å². The van der Waals surface area contributed by atoms with Crippen molar-refractivity contribution >= 4 is 10.2 Å². The van der Waals surface area contributed by atoms with E-state index in [1.165, 1.54) is 4.31 Å². The van der Waals surface area contributed by atoms with Gasteiger partial charge in [0.1, 0.15) is 0 Å². The molecule has 0 aromatic carbocycles. The molecule has 0 spiro atoms. The first-order valence-electron chi connectivity index (χ1n) is 7.51. The number of nitrogens with one attached hydrogen (secondary N) is 1. The molecule has 1 fully saturated rings. The molecular formula is C13H29N3O3S. The van der Waals surface area contributed by atoms with Gasteiger partial charge in [-0.15, -0.1) is 0 Å². The van der Waals surface area contributed by atoms with Crippen LogP contribution in [0.2, 0.25) is 0 Å². The summed E-state index contributed by atoms with van der Waals surface area (Å²) in [5.41, 5.74) is 0. The van der Waals surface area contributed by atoms with Gasteiger partial charge in [0.25, 0.3) is 10.2 Å². The van der Waals surface area contributed by atoms with Gasteiger partial charge in [-0.2, -0.15) is 17.0 Å². The van der Waals surface area contributed by atoms with Crippen LogP contribution < -0.4 is 5.32 Å². The molecule has 1 aliphatic rings. The van der Waals surface area contributed by atoms with Gasteiger partial charge < -0.3 is 10.1 Å². The molecule has 20 heavy (non-hydrogen) atoms. The largest absolute Gasteiger partial charge is 0.383 e. The predicted molar refractivity (Wildman–Crippen MR) is 80.9 cm³/mol. The Morgan fingerprint density at radius 3 is 2.75 bits per heavy atom. The quantitative estimate of drug-likeness (QED) is 0.675. The van der Waals surface area contributed by atoms with Crippen LogP contribution in [0, 0.1) is 5.92 Å². The molecule has 0 amide bonds. The molecule has 1 heterocycles. The monoisotopic (exact) mass is 307 g/mol. The molecule has 0 aromatic rings. The molecule has 0 radical (unpaired) electrons. The molecule has 0 bridgehead atoms. The highest BCUT2D eigenvalue weighted by Crippen LogP contribution is 2.20. The molecule has 7 heteroatoms. The molecular weight excluding hydrogens is 278 g/mol. The Kier molecular flexibility index (Phi) is 7.98. The maximum absolute atomic E-state index is 12.6. The first-order chi connectivity index (χ1) is 9.56. The number of rotatable bonds is 9. The third-order valence-corrected chi connectivity index (χ3v) is 5.79. The summed E-state index contributed by atoms with van der Waals surface area (Å²) < 4.78 is 33.4. The molecule has 0 aliphatic carbocycles. The normalized spacial score (nSPS) is 21.5. The Bertz CT molecular complexity index is 362. The van der Waals surface area contributed by atoms with Crippen LogP contribution >= 0.6 is 0 Å². The molecule has 6 nitrogen and oxygen atoms in total. The highest BCUT2D eigenvalue weighted by atomic mass is 32.2. The van der Waals surface area contributed by atoms with Crippen LogP contribution in [0.15, 0.2) is 0 Å². The molecule has 1 rings (SSSR count). The van der Waals surface area contributed by atoms with Crippen molar-refractivity contribution in [2.45, 2.75) is 26.7 Å². The first-order valence-corrected chi connectivity index (χ1v) is 8.90. The highest BCUT2D eigenvalue weighted by Gasteiger charge is 2.32. The Morgan fingerprint density at radius 1 is 1.40 bits per heavy atom. The van der Waals surface area contributed by atoms with E-state index in [-0.39, 0.29) is 0 Å². The second-order valence-corrected chi connectivity index (χ2v) is 7.09. The Balaban J connectivity index is 2.64. The van der Waals surface area contributed by atoms with Crippen LogP contribution in [0.25, 0.3) is 0 Å². The second-order valence-electron chi connectivity index (χ2n) is 5.17. The van der Waals surface area contributed by atoms with Crippen LogP contribution in [0.4, 0.5) is 0 Å². The number of nitrogens with zero attached hydrogens (tertiary/aromatic N) is 2. The number of ether oxygens (including phenoxy) is 1. The summed E-state index contributed by atoms with van der Waals surface area (Å²) in [7, 11) is -1.75. The number of hydrogen-bond donors (Lipinski definition) is 1. The SMILES string of the molecule is CCNCC1CCCN(S(=O)(=O)N(CC)CCOC)C1. The Hall–Kier alpha value is -0.210. The molecule has 1 unspecified atom stereocenters. The molecule has 120 valence electrons. The van der Waals surface area contributed by atoms with E-state index in [1.807, 2.05) is 6.92 Å². The first kappa shape index (κ1) is 17.8. The van der Waals surface area contributed by atoms with Gasteiger partial charge in [0.05, 0.1) is 6.61 Å². The van der Waals surface area contributed by atoms with Gasteiger partial charge in [-0.25, -0.2) is 0 Å². The fourth-order valence-corrected chi connectivity index (χ4v) is 4.26. The lowest BCUT2D eigenvalue weighted by Crippen LogP contribution is -2.50. The summed E-state index contributed by atoms with van der Waals surface area (Å²) in [5.74, 6) is 0.416. The van der Waals surface area contributed by atoms with Crippen LogP contribution in [-0.4, -0.2) is 70.0 Å². The Morgan fingerprint density at radius 2 is 2.15 bits per heavy atom. The van der Waals surface area contributed by atoms with Crippen LogP contribution in [0.1, 0.15) is 26.7 Å². The number of hydrogen-bond acceptors (Lipinski definition) is 4. The predicted octanol–water partition coefficient (Wildman–Crippen LogP) is 0.521. The lowest BCUT2D eigenvalue weighted by atomic mass is 10.00. The third kappa shape index (κ3) is 4.96. The van der Waals surface area contributed by atoms with E-state index in [9.17, 15) is 8.42 Å². The molecule has 1 aliphatic heterocycles. The van der Waals surface area contributed by atoms with Crippen molar-refractivity contribution in [3.63, 3.8) is 0 Å². The summed E-state index contributed by atoms with van der Waals surface area (Å²) >= 11 is 0. The number of methoxy groups -OCH3 is 1. The van der Waals surface area contributed by atoms with Gasteiger partial charge in [0.2, 0.25) is 0 Å². The maximum atomic E-state index is 12.6. The summed E-state index contributed by atoms with van der Waals surface area (Å²) in [5, 5.41) is 3.31. The van der Waals surface area contributed by atoms with Gasteiger partial charge >= 0.3 is 0 Å². The van der Waals surface area contributed by atoms with E-state index in [0.717, 1.165) is 25.9 Å². The average Bonchev–Trinajstić information content (AvgIpc) is 2.46. The van der Waals surface area contributed by atoms with E-state index < -0.39 is 10.2 Å². The molecule has 1 saturated heterocycles. The molecule has 0 aromatic heterocycles. The van der Waals surface area contributed by atoms with Crippen molar-refractivity contribution in [3.05, 3.63) is 0 Å². The van der Waals surface area contributed by atoms with E-state index in [0.29, 0.717) is 38.7 Å². The zero-order chi connectivity index (χ0) is 15.0. The van der Waals surface area contributed by atoms with E-state index in [1.54, 1.807) is 11.4 Å². The van der Waals surface area contributed by atoms with Crippen molar-refractivity contribution in [3.8, 4) is 0 Å². The average molecular weight is 307 g/mol. The van der Waals surface area contributed by atoms with Crippen molar-refractivity contribution in [1.82, 2.24) is 13.9 Å². The van der Waals surface area contributed by atoms with Crippen LogP contribution in [-0.2, 0) is 14.9 Å². The number of piperidine rings is 1. The lowest BCUT2D eigenvalue weighted by molar-refractivity contribution is 0.174. The van der Waals surface area contributed by atoms with Crippen molar-refractivity contribution in [2.24, 2.45) is 5.92 Å². The zero-order valence-corrected chi connectivity index (χ0v) is 13.8. The minimum Gasteiger partial charge on any atom is -0.383 e. The van der Waals surface area contributed by atoms with Crippen LogP contribution in [0.5, 0.6) is 0 Å². The van der Waals surface area contributed by atoms with E-state index in [2.05, 4.69) is 12.2 Å². The van der Waals surface area contributed by atoms with Crippen molar-refractivity contribution < 1.29 is 13.2 Å². The van der Waals surface area contributed by atoms with Gasteiger partial charge in [-0.1, -0.05) is 13.8 Å². The zero-order valence-electron chi connectivity index (χ0n) is 13.0. The summed E-state index contributed by atoms with van der Waals surface area (Å²) in [6.45, 7) is 8.36. The second kappa shape index (κ2) is 8.94. The van der Waals surface area contributed by atoms with Gasteiger partial charge in [-0.3, -0.25) is 0 Å². The Labute approximate surface area is 123 Å².